The van der Waals surface area contributed by atoms with Gasteiger partial charge >= 0.3 is 12.0 Å². The molecule has 3 aromatic rings. The zero-order valence-electron chi connectivity index (χ0n) is 19.7. The van der Waals surface area contributed by atoms with E-state index in [0.717, 1.165) is 9.75 Å². The monoisotopic (exact) mass is 529 g/mol. The SMILES string of the molecule is COC(=O)C[C@H](NC(=O)NCCC(=O)N(Cc1cccs1)Cc1cccs1)c1ccc2c(c1)OCO2. The molecule has 0 aliphatic carbocycles. The lowest BCUT2D eigenvalue weighted by Crippen LogP contribution is -2.40. The number of benzene rings is 1. The first-order valence-corrected chi connectivity index (χ1v) is 13.1. The molecule has 0 bridgehead atoms. The lowest BCUT2D eigenvalue weighted by molar-refractivity contribution is -0.141. The van der Waals surface area contributed by atoms with E-state index in [9.17, 15) is 14.4 Å². The first-order chi connectivity index (χ1) is 17.5. The van der Waals surface area contributed by atoms with Gasteiger partial charge in [0.05, 0.1) is 32.7 Å². The first kappa shape index (κ1) is 25.5. The summed E-state index contributed by atoms with van der Waals surface area (Å²) in [6, 6.07) is 12.0. The van der Waals surface area contributed by atoms with Gasteiger partial charge in [0, 0.05) is 22.7 Å². The number of nitrogens with one attached hydrogen (secondary N) is 2. The van der Waals surface area contributed by atoms with E-state index in [-0.39, 0.29) is 32.1 Å². The van der Waals surface area contributed by atoms with Gasteiger partial charge in [-0.15, -0.1) is 22.7 Å². The van der Waals surface area contributed by atoms with Crippen LogP contribution in [0.25, 0.3) is 0 Å². The van der Waals surface area contributed by atoms with E-state index in [1.165, 1.54) is 7.11 Å². The Morgan fingerprint density at radius 1 is 1.03 bits per heavy atom. The highest BCUT2D eigenvalue weighted by molar-refractivity contribution is 7.10. The van der Waals surface area contributed by atoms with Gasteiger partial charge in [-0.2, -0.15) is 0 Å². The summed E-state index contributed by atoms with van der Waals surface area (Å²) in [4.78, 5) is 41.6. The molecule has 36 heavy (non-hydrogen) atoms. The fourth-order valence-corrected chi connectivity index (χ4v) is 5.13. The average Bonchev–Trinajstić information content (AvgIpc) is 3.65. The number of fused-ring (bicyclic) bond motifs is 1. The number of hydrogen-bond donors (Lipinski definition) is 2. The second kappa shape index (κ2) is 12.4. The molecule has 0 saturated heterocycles. The van der Waals surface area contributed by atoms with Crippen molar-refractivity contribution >= 4 is 40.6 Å². The van der Waals surface area contributed by atoms with Crippen molar-refractivity contribution in [3.05, 3.63) is 68.5 Å². The molecular weight excluding hydrogens is 502 g/mol. The van der Waals surface area contributed by atoms with E-state index < -0.39 is 18.0 Å². The fourth-order valence-electron chi connectivity index (χ4n) is 3.70. The van der Waals surface area contributed by atoms with Crippen molar-refractivity contribution in [1.82, 2.24) is 15.5 Å². The Bertz CT molecular complexity index is 1130. The summed E-state index contributed by atoms with van der Waals surface area (Å²) in [5.41, 5.74) is 0.675. The van der Waals surface area contributed by atoms with Gasteiger partial charge in [-0.05, 0) is 40.6 Å². The summed E-state index contributed by atoms with van der Waals surface area (Å²) in [7, 11) is 1.29. The van der Waals surface area contributed by atoms with Gasteiger partial charge in [0.15, 0.2) is 11.5 Å². The molecule has 0 spiro atoms. The highest BCUT2D eigenvalue weighted by Gasteiger charge is 2.23. The van der Waals surface area contributed by atoms with Crippen LogP contribution in [0.2, 0.25) is 0 Å². The van der Waals surface area contributed by atoms with Gasteiger partial charge in [0.25, 0.3) is 0 Å². The molecule has 11 heteroatoms. The molecule has 1 atom stereocenters. The van der Waals surface area contributed by atoms with Crippen LogP contribution in [0.1, 0.15) is 34.2 Å². The number of hydrogen-bond acceptors (Lipinski definition) is 8. The van der Waals surface area contributed by atoms with Crippen LogP contribution in [0, 0.1) is 0 Å². The van der Waals surface area contributed by atoms with Crippen molar-refractivity contribution in [2.45, 2.75) is 32.0 Å². The van der Waals surface area contributed by atoms with Crippen LogP contribution in [-0.2, 0) is 27.4 Å². The van der Waals surface area contributed by atoms with Crippen molar-refractivity contribution in [3.8, 4) is 11.5 Å². The van der Waals surface area contributed by atoms with Gasteiger partial charge in [-0.25, -0.2) is 4.79 Å². The summed E-state index contributed by atoms with van der Waals surface area (Å²) in [6.07, 6.45) is 0.0910. The second-order valence-electron chi connectivity index (χ2n) is 8.00. The van der Waals surface area contributed by atoms with Gasteiger partial charge in [0.2, 0.25) is 12.7 Å². The molecule has 1 aromatic carbocycles. The van der Waals surface area contributed by atoms with Crippen molar-refractivity contribution in [2.24, 2.45) is 0 Å². The van der Waals surface area contributed by atoms with E-state index in [4.69, 9.17) is 14.2 Å². The maximum Gasteiger partial charge on any atom is 0.315 e. The summed E-state index contributed by atoms with van der Waals surface area (Å²) in [5.74, 6) is 0.629. The summed E-state index contributed by atoms with van der Waals surface area (Å²) in [6.45, 7) is 1.32. The summed E-state index contributed by atoms with van der Waals surface area (Å²) >= 11 is 3.21. The van der Waals surface area contributed by atoms with Crippen molar-refractivity contribution in [1.29, 1.82) is 0 Å². The maximum absolute atomic E-state index is 13.0. The van der Waals surface area contributed by atoms with Gasteiger partial charge in [0.1, 0.15) is 0 Å². The predicted octanol–water partition coefficient (Wildman–Crippen LogP) is 4.06. The van der Waals surface area contributed by atoms with Crippen LogP contribution in [0.3, 0.4) is 0 Å². The predicted molar refractivity (Wildman–Crippen MR) is 136 cm³/mol. The van der Waals surface area contributed by atoms with E-state index in [0.29, 0.717) is 30.2 Å². The topological polar surface area (TPSA) is 106 Å². The van der Waals surface area contributed by atoms with Gasteiger partial charge in [-0.1, -0.05) is 18.2 Å². The Balaban J connectivity index is 1.33. The van der Waals surface area contributed by atoms with E-state index in [2.05, 4.69) is 10.6 Å². The van der Waals surface area contributed by atoms with Gasteiger partial charge in [-0.3, -0.25) is 9.59 Å². The van der Waals surface area contributed by atoms with Gasteiger partial charge < -0.3 is 29.7 Å². The Morgan fingerprint density at radius 2 is 1.72 bits per heavy atom. The third-order valence-electron chi connectivity index (χ3n) is 5.53. The van der Waals surface area contributed by atoms with Crippen LogP contribution in [-0.4, -0.2) is 43.3 Å². The van der Waals surface area contributed by atoms with Crippen LogP contribution >= 0.6 is 22.7 Å². The van der Waals surface area contributed by atoms with Crippen LogP contribution in [0.4, 0.5) is 4.79 Å². The zero-order valence-corrected chi connectivity index (χ0v) is 21.4. The van der Waals surface area contributed by atoms with E-state index in [1.807, 2.05) is 35.0 Å². The van der Waals surface area contributed by atoms with E-state index >= 15 is 0 Å². The molecule has 0 unspecified atom stereocenters. The largest absolute Gasteiger partial charge is 0.469 e. The van der Waals surface area contributed by atoms with Crippen molar-refractivity contribution in [2.75, 3.05) is 20.4 Å². The third kappa shape index (κ3) is 6.98. The molecule has 2 aromatic heterocycles. The number of esters is 1. The number of amides is 3. The number of nitrogens with zero attached hydrogens (tertiary/aromatic N) is 1. The molecule has 2 N–H and O–H groups in total. The standard InChI is InChI=1S/C25H27N3O6S2/c1-32-24(30)13-20(17-6-7-21-22(12-17)34-16-33-21)27-25(31)26-9-8-23(29)28(14-18-4-2-10-35-18)15-19-5-3-11-36-19/h2-7,10-12,20H,8-9,13-16H2,1H3,(H2,26,27,31)/t20-/m0/s1. The minimum Gasteiger partial charge on any atom is -0.469 e. The lowest BCUT2D eigenvalue weighted by Gasteiger charge is -2.22. The summed E-state index contributed by atoms with van der Waals surface area (Å²) < 4.78 is 15.5. The fraction of sp³-hybridized carbons (Fsp3) is 0.320. The molecule has 1 aliphatic heterocycles. The lowest BCUT2D eigenvalue weighted by atomic mass is 10.0. The smallest absolute Gasteiger partial charge is 0.315 e. The van der Waals surface area contributed by atoms with Crippen molar-refractivity contribution < 1.29 is 28.6 Å². The number of thiophene rings is 2. The molecule has 0 fully saturated rings. The third-order valence-corrected chi connectivity index (χ3v) is 7.26. The molecule has 1 aliphatic rings. The molecule has 190 valence electrons. The number of methoxy groups -OCH3 is 1. The number of carbonyl (C=O) groups is 3. The highest BCUT2D eigenvalue weighted by atomic mass is 32.1. The Hall–Kier alpha value is -3.57. The number of rotatable bonds is 11. The number of carbonyl (C=O) groups excluding carboxylic acids is 3. The molecule has 3 heterocycles. The van der Waals surface area contributed by atoms with Crippen LogP contribution in [0.15, 0.2) is 53.2 Å². The molecule has 4 rings (SSSR count). The Labute approximate surface area is 217 Å². The average molecular weight is 530 g/mol. The molecule has 0 radical (unpaired) electrons. The van der Waals surface area contributed by atoms with Crippen molar-refractivity contribution in [3.63, 3.8) is 0 Å². The van der Waals surface area contributed by atoms with Crippen LogP contribution in [0.5, 0.6) is 11.5 Å². The molecule has 3 amide bonds. The van der Waals surface area contributed by atoms with E-state index in [1.54, 1.807) is 45.8 Å². The molecule has 0 saturated carbocycles. The minimum absolute atomic E-state index is 0.0565. The molecular formula is C25H27N3O6S2. The number of ether oxygens (including phenoxy) is 3. The number of urea groups is 1. The first-order valence-electron chi connectivity index (χ1n) is 11.3. The molecule has 9 nitrogen and oxygen atoms in total. The highest BCUT2D eigenvalue weighted by Crippen LogP contribution is 2.34. The summed E-state index contributed by atoms with van der Waals surface area (Å²) in [5, 5.41) is 9.50. The zero-order chi connectivity index (χ0) is 25.3. The Morgan fingerprint density at radius 3 is 2.36 bits per heavy atom. The van der Waals surface area contributed by atoms with Crippen LogP contribution < -0.4 is 20.1 Å². The minimum atomic E-state index is -0.642. The normalized spacial score (nSPS) is 12.6. The Kier molecular flexibility index (Phi) is 8.80. The quantitative estimate of drug-likeness (QED) is 0.363. The maximum atomic E-state index is 13.0. The second-order valence-corrected chi connectivity index (χ2v) is 10.1.